The summed E-state index contributed by atoms with van der Waals surface area (Å²) in [5.41, 5.74) is 0. The van der Waals surface area contributed by atoms with Crippen molar-refractivity contribution in [1.29, 1.82) is 0 Å². The second kappa shape index (κ2) is 4.14. The fraction of sp³-hybridized carbons (Fsp3) is 1.00. The number of rotatable bonds is 2. The minimum atomic E-state index is -3.14. The van der Waals surface area contributed by atoms with Gasteiger partial charge in [0.15, 0.2) is 0 Å². The predicted octanol–water partition coefficient (Wildman–Crippen LogP) is -0.721. The Morgan fingerprint density at radius 1 is 1.29 bits per heavy atom. The molecule has 0 saturated carbocycles. The number of hydrogen-bond acceptors (Lipinski definition) is 3. The van der Waals surface area contributed by atoms with Crippen LogP contribution in [0.5, 0.6) is 0 Å². The third-order valence-electron chi connectivity index (χ3n) is 2.82. The molecule has 0 aromatic heterocycles. The maximum absolute atomic E-state index is 11.4. The lowest BCUT2D eigenvalue weighted by molar-refractivity contribution is 0.327. The molecule has 0 aliphatic carbocycles. The minimum absolute atomic E-state index is 0.346. The smallest absolute Gasteiger partial charge is 0.279 e. The average molecular weight is 219 g/mol. The Hall–Kier alpha value is -0.170. The molecule has 0 aromatic carbocycles. The van der Waals surface area contributed by atoms with E-state index < -0.39 is 10.2 Å². The van der Waals surface area contributed by atoms with Crippen molar-refractivity contribution in [2.75, 3.05) is 26.2 Å². The molecular weight excluding hydrogens is 202 g/mol. The Kier molecular flexibility index (Phi) is 3.06. The van der Waals surface area contributed by atoms with Crippen molar-refractivity contribution in [3.63, 3.8) is 0 Å². The Bertz CT molecular complexity index is 285. The summed E-state index contributed by atoms with van der Waals surface area (Å²) in [5, 5.41) is 3.35. The molecule has 2 aliphatic rings. The van der Waals surface area contributed by atoms with E-state index in [1.54, 1.807) is 0 Å². The molecule has 82 valence electrons. The third-order valence-corrected chi connectivity index (χ3v) is 4.40. The number of piperidine rings is 1. The summed E-state index contributed by atoms with van der Waals surface area (Å²) in [6.07, 6.45) is 3.51. The first-order valence-corrected chi connectivity index (χ1v) is 6.60. The van der Waals surface area contributed by atoms with Crippen LogP contribution in [-0.4, -0.2) is 44.9 Å². The first kappa shape index (κ1) is 10.4. The zero-order valence-electron chi connectivity index (χ0n) is 8.20. The highest BCUT2D eigenvalue weighted by Gasteiger charge is 2.29. The van der Waals surface area contributed by atoms with Gasteiger partial charge in [0.1, 0.15) is 0 Å². The summed E-state index contributed by atoms with van der Waals surface area (Å²) in [6.45, 7) is 2.80. The summed E-state index contributed by atoms with van der Waals surface area (Å²) in [6, 6.07) is 0.346. The summed E-state index contributed by atoms with van der Waals surface area (Å²) in [5.74, 6) is 0. The fourth-order valence-corrected chi connectivity index (χ4v) is 3.27. The van der Waals surface area contributed by atoms with E-state index in [1.165, 1.54) is 17.1 Å². The van der Waals surface area contributed by atoms with Gasteiger partial charge in [-0.15, -0.1) is 0 Å². The van der Waals surface area contributed by atoms with Crippen molar-refractivity contribution in [3.05, 3.63) is 0 Å². The van der Waals surface area contributed by atoms with Crippen molar-refractivity contribution < 1.29 is 8.42 Å². The molecule has 0 radical (unpaired) electrons. The van der Waals surface area contributed by atoms with Gasteiger partial charge in [-0.3, -0.25) is 0 Å². The van der Waals surface area contributed by atoms with Crippen LogP contribution in [0, 0.1) is 0 Å². The second-order valence-corrected chi connectivity index (χ2v) is 5.66. The van der Waals surface area contributed by atoms with E-state index in [0.29, 0.717) is 25.7 Å². The van der Waals surface area contributed by atoms with E-state index in [0.717, 1.165) is 13.0 Å². The molecule has 0 bridgehead atoms. The Labute approximate surface area is 85.0 Å². The largest absolute Gasteiger partial charge is 0.313 e. The molecular formula is C8H17N3O2S. The molecule has 2 fully saturated rings. The molecule has 2 rings (SSSR count). The lowest BCUT2D eigenvalue weighted by Crippen LogP contribution is -2.44. The summed E-state index contributed by atoms with van der Waals surface area (Å²) < 4.78 is 26.9. The van der Waals surface area contributed by atoms with E-state index >= 15 is 0 Å². The van der Waals surface area contributed by atoms with Gasteiger partial charge in [-0.05, 0) is 19.4 Å². The standard InChI is InChI=1S/C8H17N3O2S/c12-14(13)10-5-6-11(14)7-8-3-1-2-4-9-8/h8-10H,1-7H2. The molecule has 1 unspecified atom stereocenters. The monoisotopic (exact) mass is 219 g/mol. The van der Waals surface area contributed by atoms with Crippen LogP contribution in [-0.2, 0) is 10.2 Å². The fourth-order valence-electron chi connectivity index (χ4n) is 2.03. The van der Waals surface area contributed by atoms with E-state index in [1.807, 2.05) is 0 Å². The van der Waals surface area contributed by atoms with Crippen LogP contribution in [0.1, 0.15) is 19.3 Å². The van der Waals surface area contributed by atoms with Crippen molar-refractivity contribution in [1.82, 2.24) is 14.3 Å². The molecule has 1 atom stereocenters. The number of hydrogen-bond donors (Lipinski definition) is 2. The van der Waals surface area contributed by atoms with Crippen molar-refractivity contribution in [2.24, 2.45) is 0 Å². The maximum Gasteiger partial charge on any atom is 0.279 e. The zero-order chi connectivity index (χ0) is 10.0. The first-order chi connectivity index (χ1) is 6.68. The molecule has 14 heavy (non-hydrogen) atoms. The normalized spacial score (nSPS) is 33.3. The molecule has 2 saturated heterocycles. The lowest BCUT2D eigenvalue weighted by atomic mass is 10.1. The van der Waals surface area contributed by atoms with E-state index in [9.17, 15) is 8.42 Å². The molecule has 0 aromatic rings. The van der Waals surface area contributed by atoms with Crippen molar-refractivity contribution >= 4 is 10.2 Å². The highest BCUT2D eigenvalue weighted by atomic mass is 32.2. The van der Waals surface area contributed by atoms with Crippen LogP contribution >= 0.6 is 0 Å². The highest BCUT2D eigenvalue weighted by Crippen LogP contribution is 2.11. The summed E-state index contributed by atoms with van der Waals surface area (Å²) >= 11 is 0. The van der Waals surface area contributed by atoms with Crippen LogP contribution < -0.4 is 10.0 Å². The van der Waals surface area contributed by atoms with Crippen molar-refractivity contribution in [3.8, 4) is 0 Å². The molecule has 2 heterocycles. The summed E-state index contributed by atoms with van der Waals surface area (Å²) in [4.78, 5) is 0. The van der Waals surface area contributed by atoms with Crippen LogP contribution in [0.4, 0.5) is 0 Å². The Balaban J connectivity index is 1.90. The SMILES string of the molecule is O=S1(=O)NCCN1CC1CCCCN1. The number of nitrogens with zero attached hydrogens (tertiary/aromatic N) is 1. The van der Waals surface area contributed by atoms with E-state index in [4.69, 9.17) is 0 Å². The van der Waals surface area contributed by atoms with Gasteiger partial charge in [-0.1, -0.05) is 6.42 Å². The average Bonchev–Trinajstić information content (AvgIpc) is 2.48. The van der Waals surface area contributed by atoms with E-state index in [2.05, 4.69) is 10.0 Å². The Morgan fingerprint density at radius 3 is 2.71 bits per heavy atom. The summed E-state index contributed by atoms with van der Waals surface area (Å²) in [7, 11) is -3.14. The van der Waals surface area contributed by atoms with Gasteiger partial charge < -0.3 is 5.32 Å². The van der Waals surface area contributed by atoms with Gasteiger partial charge in [0, 0.05) is 25.7 Å². The van der Waals surface area contributed by atoms with Gasteiger partial charge in [0.25, 0.3) is 10.2 Å². The second-order valence-electron chi connectivity index (χ2n) is 3.90. The predicted molar refractivity (Wildman–Crippen MR) is 54.1 cm³/mol. The van der Waals surface area contributed by atoms with Crippen LogP contribution in [0.3, 0.4) is 0 Å². The quantitative estimate of drug-likeness (QED) is 0.644. The third kappa shape index (κ3) is 2.25. The highest BCUT2D eigenvalue weighted by molar-refractivity contribution is 7.87. The molecule has 5 nitrogen and oxygen atoms in total. The van der Waals surface area contributed by atoms with Gasteiger partial charge >= 0.3 is 0 Å². The topological polar surface area (TPSA) is 61.4 Å². The van der Waals surface area contributed by atoms with Gasteiger partial charge in [-0.2, -0.15) is 12.7 Å². The zero-order valence-corrected chi connectivity index (χ0v) is 9.02. The molecule has 0 amide bonds. The van der Waals surface area contributed by atoms with E-state index in [-0.39, 0.29) is 0 Å². The van der Waals surface area contributed by atoms with Gasteiger partial charge in [-0.25, -0.2) is 4.72 Å². The van der Waals surface area contributed by atoms with Crippen LogP contribution in [0.15, 0.2) is 0 Å². The van der Waals surface area contributed by atoms with Gasteiger partial charge in [0.2, 0.25) is 0 Å². The maximum atomic E-state index is 11.4. The van der Waals surface area contributed by atoms with Gasteiger partial charge in [0.05, 0.1) is 0 Å². The van der Waals surface area contributed by atoms with Crippen LogP contribution in [0.2, 0.25) is 0 Å². The molecule has 2 N–H and O–H groups in total. The molecule has 2 aliphatic heterocycles. The van der Waals surface area contributed by atoms with Crippen molar-refractivity contribution in [2.45, 2.75) is 25.3 Å². The first-order valence-electron chi connectivity index (χ1n) is 5.16. The Morgan fingerprint density at radius 2 is 2.14 bits per heavy atom. The minimum Gasteiger partial charge on any atom is -0.313 e. The molecule has 6 heteroatoms. The van der Waals surface area contributed by atoms with Crippen LogP contribution in [0.25, 0.3) is 0 Å². The molecule has 0 spiro atoms. The number of nitrogens with one attached hydrogen (secondary N) is 2. The lowest BCUT2D eigenvalue weighted by Gasteiger charge is -2.26.